The molecule has 0 bridgehead atoms. The molecule has 5 aliphatic carbocycles. The van der Waals surface area contributed by atoms with Crippen LogP contribution in [0.25, 0.3) is 0 Å². The van der Waals surface area contributed by atoms with E-state index in [4.69, 9.17) is 89.5 Å². The summed E-state index contributed by atoms with van der Waals surface area (Å²) in [5.41, 5.74) is 13.7. The number of rotatable bonds is 22. The Labute approximate surface area is 830 Å². The van der Waals surface area contributed by atoms with Crippen molar-refractivity contribution in [1.82, 2.24) is 0 Å². The fourth-order valence-electron chi connectivity index (χ4n) is 20.3. The number of carbonyl (C=O) groups excluding carboxylic acids is 5. The van der Waals surface area contributed by atoms with Gasteiger partial charge in [0.2, 0.25) is 0 Å². The molecule has 760 valence electrons. The number of non-ortho nitro benzene ring substituents is 2. The number of nitro benzene ring substituents is 2. The van der Waals surface area contributed by atoms with Crippen LogP contribution in [0.5, 0.6) is 0 Å². The Bertz CT molecular complexity index is 5090. The van der Waals surface area contributed by atoms with Gasteiger partial charge in [-0.25, -0.2) is 22.0 Å². The van der Waals surface area contributed by atoms with Gasteiger partial charge in [0.25, 0.3) is 11.4 Å². The Balaban J connectivity index is 0.000000166. The average molecular weight is 2030 g/mol. The van der Waals surface area contributed by atoms with Crippen LogP contribution in [0.3, 0.4) is 0 Å². The van der Waals surface area contributed by atoms with Gasteiger partial charge in [0.15, 0.2) is 0 Å². The summed E-state index contributed by atoms with van der Waals surface area (Å²) in [7, 11) is 8.26. The molecule has 5 fully saturated rings. The van der Waals surface area contributed by atoms with Crippen LogP contribution in [0, 0.1) is 78.9 Å². The maximum atomic E-state index is 14.9. The van der Waals surface area contributed by atoms with Crippen LogP contribution in [-0.4, -0.2) is 188 Å². The van der Waals surface area contributed by atoms with Crippen molar-refractivity contribution in [1.29, 1.82) is 0 Å². The van der Waals surface area contributed by atoms with Gasteiger partial charge >= 0.3 is 29.8 Å². The molecule has 5 saturated carbocycles. The minimum Gasteiger partial charge on any atom is -0.460 e. The first-order valence-corrected chi connectivity index (χ1v) is 51.3. The predicted molar refractivity (Wildman–Crippen MR) is 536 cm³/mol. The number of nitrogen functional groups attached to an aromatic ring is 3. The van der Waals surface area contributed by atoms with Gasteiger partial charge in [0, 0.05) is 163 Å². The highest BCUT2D eigenvalue weighted by molar-refractivity contribution is 8.15. The van der Waals surface area contributed by atoms with E-state index in [9.17, 15) is 66.2 Å². The quantitative estimate of drug-likeness (QED) is 0.0145. The number of esters is 5. The molecule has 5 heterocycles. The molecule has 5 aliphatic heterocycles. The Kier molecular flexibility index (Phi) is 35.8. The minimum absolute atomic E-state index is 0.00478. The lowest BCUT2D eigenvalue weighted by Gasteiger charge is -2.38. The van der Waals surface area contributed by atoms with Crippen molar-refractivity contribution in [2.75, 3.05) is 81.5 Å². The van der Waals surface area contributed by atoms with E-state index in [1.54, 1.807) is 113 Å². The minimum atomic E-state index is -0.987. The molecule has 0 unspecified atom stereocenters. The van der Waals surface area contributed by atoms with Gasteiger partial charge in [-0.2, -0.15) is 0 Å². The molecular formula is C100H131F5N10O19S5. The molecule has 0 spiro atoms. The van der Waals surface area contributed by atoms with Crippen molar-refractivity contribution < 1.29 is 103 Å². The van der Waals surface area contributed by atoms with Crippen LogP contribution in [0.4, 0.5) is 50.4 Å². The zero-order chi connectivity index (χ0) is 102. The molecule has 29 nitrogen and oxygen atoms in total. The smallest absolute Gasteiger partial charge is 0.312 e. The third kappa shape index (κ3) is 26.8. The molecular weight excluding hydrogens is 1900 g/mol. The van der Waals surface area contributed by atoms with E-state index in [2.05, 4.69) is 0 Å². The number of hydrogen-bond donors (Lipinski definition) is 3. The van der Waals surface area contributed by atoms with Crippen LogP contribution in [-0.2, 0) is 99.0 Å². The highest BCUT2D eigenvalue weighted by Gasteiger charge is 2.59. The molecule has 5 aromatic carbocycles. The number of aliphatic imine (C=N–C) groups is 5. The number of halogens is 5. The summed E-state index contributed by atoms with van der Waals surface area (Å²) in [4.78, 5) is 107. The van der Waals surface area contributed by atoms with E-state index in [1.165, 1.54) is 89.1 Å². The van der Waals surface area contributed by atoms with Crippen LogP contribution in [0.2, 0.25) is 0 Å². The molecule has 15 rings (SSSR count). The predicted octanol–water partition coefficient (Wildman–Crippen LogP) is 20.2. The Morgan fingerprint density at radius 2 is 0.496 bits per heavy atom. The molecule has 10 aliphatic rings. The summed E-state index contributed by atoms with van der Waals surface area (Å²) in [6, 6.07) is 20.9. The van der Waals surface area contributed by atoms with Gasteiger partial charge in [-0.05, 0) is 235 Å². The van der Waals surface area contributed by atoms with Gasteiger partial charge < -0.3 is 64.6 Å². The van der Waals surface area contributed by atoms with Gasteiger partial charge in [-0.1, -0.05) is 0 Å². The lowest BCUT2D eigenvalue weighted by Crippen LogP contribution is -2.40. The molecule has 0 radical (unpaired) electrons. The normalized spacial score (nSPS) is 27.3. The maximum Gasteiger partial charge on any atom is 0.312 e. The first kappa shape index (κ1) is 111. The number of nitrogens with two attached hydrogens (primary N) is 3. The third-order valence-corrected chi connectivity index (χ3v) is 31.3. The van der Waals surface area contributed by atoms with Crippen LogP contribution in [0.1, 0.15) is 228 Å². The highest BCUT2D eigenvalue weighted by Crippen LogP contribution is 2.60. The van der Waals surface area contributed by atoms with Crippen molar-refractivity contribution >= 4 is 142 Å². The topological polar surface area (TPSA) is 404 Å². The lowest BCUT2D eigenvalue weighted by atomic mass is 9.80. The molecule has 5 aromatic rings. The number of benzene rings is 5. The van der Waals surface area contributed by atoms with Crippen LogP contribution < -0.4 is 17.2 Å². The highest BCUT2D eigenvalue weighted by atomic mass is 32.2. The first-order valence-electron chi connectivity index (χ1n) is 46.4. The van der Waals surface area contributed by atoms with Gasteiger partial charge in [0.05, 0.1) is 125 Å². The lowest BCUT2D eigenvalue weighted by molar-refractivity contribution is -0.385. The first-order chi connectivity index (χ1) is 65.0. The summed E-state index contributed by atoms with van der Waals surface area (Å²) < 4.78 is 129. The van der Waals surface area contributed by atoms with Crippen LogP contribution >= 0.6 is 58.8 Å². The monoisotopic (exact) mass is 2030 g/mol. The summed E-state index contributed by atoms with van der Waals surface area (Å²) in [5, 5.41) is 25.7. The zero-order valence-electron chi connectivity index (χ0n) is 82.6. The number of fused-ring (bicyclic) bond motifs is 5. The molecule has 15 atom stereocenters. The number of nitro groups is 2. The summed E-state index contributed by atoms with van der Waals surface area (Å²) >= 11 is 7.47. The van der Waals surface area contributed by atoms with Crippen LogP contribution in [0.15, 0.2) is 116 Å². The second-order valence-corrected chi connectivity index (χ2v) is 46.6. The second-order valence-electron chi connectivity index (χ2n) is 41.2. The van der Waals surface area contributed by atoms with E-state index < -0.39 is 89.1 Å². The fraction of sp³-hybridized carbons (Fsp3) is 0.600. The van der Waals surface area contributed by atoms with E-state index in [0.717, 1.165) is 43.5 Å². The van der Waals surface area contributed by atoms with Gasteiger partial charge in [0.1, 0.15) is 57.1 Å². The SMILES string of the molecule is CO[C@@H]1CC[C@]2(c3cc(N)ccc3F)N=C(CC(=O)OC(C)(C)C)SC[C@H]12.CO[C@@H]1CC[C@]2(c3cc([N+](=O)[O-])ccc3F)N=C(CC(=O)OC(C)(C)C)SC[C@H]12.CO[C@H]1CC[C@]2(c3cc(N)ccc3F)N=C(CC(=O)OC(C)(C)C)SC[C@H]12.CO[C@H]1CC[C@]2(c3cc(N)ccc3F)N=C(CC(=O)OC(C)(C)C)SC[C@H]12.CO[C@H]1CC[C@]2(c3cc([N+](=O)[O-])ccc3F)N=C(CC(=O)OC(C)(C)C)SC[C@H]12. The second kappa shape index (κ2) is 45.0. The molecule has 39 heteroatoms. The molecule has 139 heavy (non-hydrogen) atoms. The van der Waals surface area contributed by atoms with Crippen molar-refractivity contribution in [3.8, 4) is 0 Å². The summed E-state index contributed by atoms with van der Waals surface area (Å²) in [6.07, 6.45) is 6.68. The third-order valence-electron chi connectivity index (χ3n) is 25.8. The molecule has 6 N–H and O–H groups in total. The van der Waals surface area contributed by atoms with Crippen molar-refractivity contribution in [2.45, 2.75) is 286 Å². The number of hydrogen-bond acceptors (Lipinski definition) is 32. The number of methoxy groups -OCH3 is 5. The number of thioether (sulfide) groups is 5. The number of nitrogens with zero attached hydrogens (tertiary/aromatic N) is 7. The molecule has 0 amide bonds. The van der Waals surface area contributed by atoms with E-state index in [1.807, 2.05) is 62.3 Å². The summed E-state index contributed by atoms with van der Waals surface area (Å²) in [5.74, 6) is -0.677. The van der Waals surface area contributed by atoms with E-state index in [0.29, 0.717) is 133 Å². The Hall–Kier alpha value is -8.80. The standard InChI is InChI=1S/2C20H25FN2O5S.3C20H27FN2O3S/c2*1-19(2,3)28-18(24)10-17-22-20(8-7-16(27-4)14(20)11-29-17)13-9-12(23(25)26)5-6-15(13)21;3*1-19(2,3)26-18(24)10-17-23-20(13-9-12(22)5-6-15(13)21)8-7-16(25-4)14(20)11-27-17/h2*5-6,9,14,16H,7-8,10-11H2,1-4H3;3*5-6,9,14,16H,7-8,10-11,22H2,1-4H3/t14-,16+,20-;14-,16-,20-;2*14-,16+,20-;14-,16-,20-/m11111/s1. The fourth-order valence-corrected chi connectivity index (χ4v) is 26.8. The number of ether oxygens (including phenoxy) is 10. The van der Waals surface area contributed by atoms with Gasteiger partial charge in [-0.3, -0.25) is 69.2 Å². The average Bonchev–Trinajstić information content (AvgIpc) is 1.63. The Morgan fingerprint density at radius 1 is 0.324 bits per heavy atom. The largest absolute Gasteiger partial charge is 0.460 e. The summed E-state index contributed by atoms with van der Waals surface area (Å²) in [6.45, 7) is 27.2. The number of anilines is 3. The van der Waals surface area contributed by atoms with Crippen molar-refractivity contribution in [3.63, 3.8) is 0 Å². The van der Waals surface area contributed by atoms with E-state index >= 15 is 0 Å². The molecule has 0 saturated heterocycles. The van der Waals surface area contributed by atoms with E-state index in [-0.39, 0.29) is 150 Å². The van der Waals surface area contributed by atoms with Crippen molar-refractivity contribution in [3.05, 3.63) is 168 Å². The maximum absolute atomic E-state index is 14.9. The van der Waals surface area contributed by atoms with Gasteiger partial charge in [-0.15, -0.1) is 58.8 Å². The van der Waals surface area contributed by atoms with Crippen molar-refractivity contribution in [2.24, 2.45) is 54.6 Å². The zero-order valence-corrected chi connectivity index (χ0v) is 86.7. The molecule has 0 aromatic heterocycles. The number of carbonyl (C=O) groups is 5. The Morgan fingerprint density at radius 3 is 0.662 bits per heavy atom.